The third-order valence-corrected chi connectivity index (χ3v) is 2.21. The van der Waals surface area contributed by atoms with Crippen LogP contribution in [0.5, 0.6) is 11.5 Å². The van der Waals surface area contributed by atoms with E-state index in [0.29, 0.717) is 5.56 Å². The molecule has 2 aromatic rings. The summed E-state index contributed by atoms with van der Waals surface area (Å²) in [6, 6.07) is 14.1. The van der Waals surface area contributed by atoms with E-state index < -0.39 is 11.1 Å². The standard InChI is InChI=1S/C13H9NO5/c15-13(10-5-2-1-3-6-10)18-11-7-4-8-12(9-11)19-14(16)17/h1-9H. The van der Waals surface area contributed by atoms with E-state index in [1.807, 2.05) is 0 Å². The summed E-state index contributed by atoms with van der Waals surface area (Å²) in [5.74, 6) is -0.379. The highest BCUT2D eigenvalue weighted by molar-refractivity contribution is 5.90. The molecule has 6 nitrogen and oxygen atoms in total. The molecular formula is C13H9NO5. The first-order valence-electron chi connectivity index (χ1n) is 5.35. The number of carbonyl (C=O) groups excluding carboxylic acids is 1. The average Bonchev–Trinajstić information content (AvgIpc) is 2.39. The Morgan fingerprint density at radius 1 is 1.00 bits per heavy atom. The summed E-state index contributed by atoms with van der Waals surface area (Å²) in [6.45, 7) is 0. The molecular weight excluding hydrogens is 250 g/mol. The highest BCUT2D eigenvalue weighted by atomic mass is 17.0. The first kappa shape index (κ1) is 12.6. The van der Waals surface area contributed by atoms with E-state index in [9.17, 15) is 14.9 Å². The normalized spacial score (nSPS) is 9.68. The van der Waals surface area contributed by atoms with Crippen molar-refractivity contribution in [3.63, 3.8) is 0 Å². The molecule has 2 aromatic carbocycles. The predicted molar refractivity (Wildman–Crippen MR) is 65.5 cm³/mol. The average molecular weight is 259 g/mol. The molecule has 0 aliphatic heterocycles. The molecule has 0 unspecified atom stereocenters. The van der Waals surface area contributed by atoms with Crippen LogP contribution in [0.2, 0.25) is 0 Å². The second kappa shape index (κ2) is 5.63. The molecule has 0 aromatic heterocycles. The van der Waals surface area contributed by atoms with Crippen LogP contribution >= 0.6 is 0 Å². The van der Waals surface area contributed by atoms with Gasteiger partial charge in [0.2, 0.25) is 0 Å². The van der Waals surface area contributed by atoms with E-state index in [2.05, 4.69) is 4.84 Å². The Kier molecular flexibility index (Phi) is 3.72. The van der Waals surface area contributed by atoms with Crippen LogP contribution in [0.4, 0.5) is 0 Å². The maximum atomic E-state index is 11.8. The lowest BCUT2D eigenvalue weighted by molar-refractivity contribution is -0.711. The first-order valence-corrected chi connectivity index (χ1v) is 5.35. The monoisotopic (exact) mass is 259 g/mol. The number of benzene rings is 2. The van der Waals surface area contributed by atoms with E-state index >= 15 is 0 Å². The first-order chi connectivity index (χ1) is 9.15. The molecule has 19 heavy (non-hydrogen) atoms. The Morgan fingerprint density at radius 2 is 1.68 bits per heavy atom. The van der Waals surface area contributed by atoms with Crippen molar-refractivity contribution in [3.05, 3.63) is 70.3 Å². The fourth-order valence-electron chi connectivity index (χ4n) is 1.42. The molecule has 0 bridgehead atoms. The lowest BCUT2D eigenvalue weighted by Crippen LogP contribution is -2.08. The number of nitrogens with zero attached hydrogens (tertiary/aromatic N) is 1. The zero-order valence-electron chi connectivity index (χ0n) is 9.68. The fraction of sp³-hybridized carbons (Fsp3) is 0. The number of hydrogen-bond acceptors (Lipinski definition) is 5. The summed E-state index contributed by atoms with van der Waals surface area (Å²) < 4.78 is 5.08. The molecule has 0 aliphatic rings. The zero-order chi connectivity index (χ0) is 13.7. The molecule has 0 saturated carbocycles. The van der Waals surface area contributed by atoms with Gasteiger partial charge in [-0.05, 0) is 24.3 Å². The Labute approximate surface area is 108 Å². The number of ether oxygens (including phenoxy) is 1. The van der Waals surface area contributed by atoms with Gasteiger partial charge in [-0.3, -0.25) is 4.84 Å². The molecule has 2 rings (SSSR count). The van der Waals surface area contributed by atoms with Crippen molar-refractivity contribution in [1.29, 1.82) is 0 Å². The minimum Gasteiger partial charge on any atom is -0.423 e. The van der Waals surface area contributed by atoms with Crippen molar-refractivity contribution in [1.82, 2.24) is 0 Å². The molecule has 0 amide bonds. The van der Waals surface area contributed by atoms with Gasteiger partial charge in [-0.25, -0.2) is 4.79 Å². The van der Waals surface area contributed by atoms with Crippen LogP contribution in [0.25, 0.3) is 0 Å². The van der Waals surface area contributed by atoms with Gasteiger partial charge in [-0.15, -0.1) is 10.1 Å². The number of hydrogen-bond donors (Lipinski definition) is 0. The molecule has 0 saturated heterocycles. The van der Waals surface area contributed by atoms with E-state index in [0.717, 1.165) is 0 Å². The molecule has 0 aliphatic carbocycles. The molecule has 0 N–H and O–H groups in total. The number of rotatable bonds is 4. The van der Waals surface area contributed by atoms with Gasteiger partial charge in [0.05, 0.1) is 5.56 Å². The van der Waals surface area contributed by atoms with Crippen LogP contribution in [0.3, 0.4) is 0 Å². The summed E-state index contributed by atoms with van der Waals surface area (Å²) in [4.78, 5) is 26.2. The molecule has 0 atom stereocenters. The van der Waals surface area contributed by atoms with Crippen molar-refractivity contribution in [3.8, 4) is 11.5 Å². The van der Waals surface area contributed by atoms with Crippen LogP contribution in [-0.4, -0.2) is 11.1 Å². The Bertz CT molecular complexity index is 597. The zero-order valence-corrected chi connectivity index (χ0v) is 9.68. The van der Waals surface area contributed by atoms with Crippen LogP contribution in [0, 0.1) is 10.1 Å². The summed E-state index contributed by atoms with van der Waals surface area (Å²) in [6.07, 6.45) is 0. The summed E-state index contributed by atoms with van der Waals surface area (Å²) in [5.41, 5.74) is 0.392. The van der Waals surface area contributed by atoms with Gasteiger partial charge in [-0.2, -0.15) is 0 Å². The molecule has 6 heteroatoms. The van der Waals surface area contributed by atoms with Crippen molar-refractivity contribution < 1.29 is 19.5 Å². The van der Waals surface area contributed by atoms with E-state index in [1.54, 1.807) is 30.3 Å². The molecule has 0 radical (unpaired) electrons. The van der Waals surface area contributed by atoms with Crippen LogP contribution in [0.15, 0.2) is 54.6 Å². The topological polar surface area (TPSA) is 78.7 Å². The van der Waals surface area contributed by atoms with E-state index in [1.165, 1.54) is 24.3 Å². The quantitative estimate of drug-likeness (QED) is 0.365. The maximum Gasteiger partial charge on any atom is 0.343 e. The largest absolute Gasteiger partial charge is 0.423 e. The van der Waals surface area contributed by atoms with Crippen molar-refractivity contribution in [2.24, 2.45) is 0 Å². The highest BCUT2D eigenvalue weighted by Crippen LogP contribution is 2.20. The van der Waals surface area contributed by atoms with Gasteiger partial charge >= 0.3 is 5.97 Å². The van der Waals surface area contributed by atoms with Gasteiger partial charge in [0.15, 0.2) is 0 Å². The van der Waals surface area contributed by atoms with E-state index in [4.69, 9.17) is 4.74 Å². The molecule has 0 fully saturated rings. The second-order valence-corrected chi connectivity index (χ2v) is 3.55. The van der Waals surface area contributed by atoms with Crippen molar-refractivity contribution >= 4 is 5.97 Å². The predicted octanol–water partition coefficient (Wildman–Crippen LogP) is 2.48. The Balaban J connectivity index is 2.11. The molecule has 0 spiro atoms. The minimum absolute atomic E-state index is 0.0108. The number of carbonyl (C=O) groups is 1. The second-order valence-electron chi connectivity index (χ2n) is 3.55. The summed E-state index contributed by atoms with van der Waals surface area (Å²) >= 11 is 0. The smallest absolute Gasteiger partial charge is 0.343 e. The van der Waals surface area contributed by atoms with Gasteiger partial charge in [-0.1, -0.05) is 24.3 Å². The van der Waals surface area contributed by atoms with Crippen molar-refractivity contribution in [2.45, 2.75) is 0 Å². The third-order valence-electron chi connectivity index (χ3n) is 2.21. The van der Waals surface area contributed by atoms with Crippen LogP contribution in [0.1, 0.15) is 10.4 Å². The third kappa shape index (κ3) is 3.53. The summed E-state index contributed by atoms with van der Waals surface area (Å²) in [5, 5.41) is 9.27. The van der Waals surface area contributed by atoms with E-state index in [-0.39, 0.29) is 11.5 Å². The van der Waals surface area contributed by atoms with Crippen LogP contribution in [-0.2, 0) is 0 Å². The minimum atomic E-state index is -0.932. The van der Waals surface area contributed by atoms with Crippen molar-refractivity contribution in [2.75, 3.05) is 0 Å². The van der Waals surface area contributed by atoms with Gasteiger partial charge in [0.25, 0.3) is 5.09 Å². The molecule has 96 valence electrons. The molecule has 0 heterocycles. The van der Waals surface area contributed by atoms with Gasteiger partial charge < -0.3 is 4.74 Å². The Morgan fingerprint density at radius 3 is 2.37 bits per heavy atom. The Hall–Kier alpha value is -2.89. The van der Waals surface area contributed by atoms with Gasteiger partial charge in [0, 0.05) is 6.07 Å². The highest BCUT2D eigenvalue weighted by Gasteiger charge is 2.08. The lowest BCUT2D eigenvalue weighted by Gasteiger charge is -2.05. The maximum absolute atomic E-state index is 11.8. The number of esters is 1. The summed E-state index contributed by atoms with van der Waals surface area (Å²) in [7, 11) is 0. The van der Waals surface area contributed by atoms with Gasteiger partial charge in [0.1, 0.15) is 11.5 Å². The lowest BCUT2D eigenvalue weighted by atomic mass is 10.2. The van der Waals surface area contributed by atoms with Crippen LogP contribution < -0.4 is 9.57 Å². The fourth-order valence-corrected chi connectivity index (χ4v) is 1.42. The SMILES string of the molecule is O=C(Oc1cccc(O[N+](=O)[O-])c1)c1ccccc1.